The summed E-state index contributed by atoms with van der Waals surface area (Å²) in [5.41, 5.74) is 12.1. The number of halogens is 2. The summed E-state index contributed by atoms with van der Waals surface area (Å²) in [6.45, 7) is 2.80. The molecule has 0 radical (unpaired) electrons. The van der Waals surface area contributed by atoms with Gasteiger partial charge in [0.15, 0.2) is 11.6 Å². The second-order valence-electron chi connectivity index (χ2n) is 4.14. The second-order valence-corrected chi connectivity index (χ2v) is 4.54. The van der Waals surface area contributed by atoms with Gasteiger partial charge < -0.3 is 16.2 Å². The molecule has 0 unspecified atom stereocenters. The van der Waals surface area contributed by atoms with E-state index in [1.165, 1.54) is 6.07 Å². The van der Waals surface area contributed by atoms with E-state index >= 15 is 0 Å². The highest BCUT2D eigenvalue weighted by molar-refractivity contribution is 6.32. The first-order valence-electron chi connectivity index (χ1n) is 6.17. The molecule has 0 aliphatic carbocycles. The van der Waals surface area contributed by atoms with Crippen molar-refractivity contribution in [3.8, 4) is 5.75 Å². The molecule has 0 aliphatic heterocycles. The predicted molar refractivity (Wildman–Crippen MR) is 72.4 cm³/mol. The number of benzene rings is 1. The number of nitrogens with two attached hydrogens (primary N) is 2. The Balaban J connectivity index is 2.78. The van der Waals surface area contributed by atoms with Gasteiger partial charge in [0.2, 0.25) is 0 Å². The van der Waals surface area contributed by atoms with Crippen molar-refractivity contribution in [1.82, 2.24) is 0 Å². The minimum atomic E-state index is -0.464. The van der Waals surface area contributed by atoms with Gasteiger partial charge in [-0.1, -0.05) is 18.0 Å². The van der Waals surface area contributed by atoms with E-state index in [0.717, 1.165) is 19.3 Å². The van der Waals surface area contributed by atoms with E-state index in [1.54, 1.807) is 13.0 Å². The highest BCUT2D eigenvalue weighted by atomic mass is 35.5. The molecule has 0 aliphatic rings. The van der Waals surface area contributed by atoms with E-state index in [1.807, 2.05) is 0 Å². The zero-order chi connectivity index (χ0) is 13.5. The van der Waals surface area contributed by atoms with Crippen LogP contribution in [0, 0.1) is 5.82 Å². The van der Waals surface area contributed by atoms with Crippen molar-refractivity contribution < 1.29 is 9.13 Å². The first-order chi connectivity index (χ1) is 8.60. The molecular formula is C13H20ClFN2O. The maximum absolute atomic E-state index is 13.8. The van der Waals surface area contributed by atoms with Crippen molar-refractivity contribution in [1.29, 1.82) is 0 Å². The summed E-state index contributed by atoms with van der Waals surface area (Å²) in [7, 11) is 0. The molecule has 18 heavy (non-hydrogen) atoms. The first kappa shape index (κ1) is 15.2. The van der Waals surface area contributed by atoms with Gasteiger partial charge in [-0.3, -0.25) is 0 Å². The number of unbranched alkanes of at least 4 members (excludes halogenated alkanes) is 1. The van der Waals surface area contributed by atoms with Crippen LogP contribution >= 0.6 is 11.6 Å². The molecule has 4 N–H and O–H groups in total. The van der Waals surface area contributed by atoms with Gasteiger partial charge in [0.05, 0.1) is 11.6 Å². The molecule has 1 aromatic carbocycles. The molecule has 1 atom stereocenters. The number of hydrogen-bond acceptors (Lipinski definition) is 3. The largest absolute Gasteiger partial charge is 0.489 e. The normalized spacial score (nSPS) is 12.5. The second kappa shape index (κ2) is 7.56. The van der Waals surface area contributed by atoms with Gasteiger partial charge >= 0.3 is 0 Å². The van der Waals surface area contributed by atoms with Crippen LogP contribution in [-0.4, -0.2) is 13.2 Å². The molecule has 1 rings (SSSR count). The summed E-state index contributed by atoms with van der Waals surface area (Å²) in [5.74, 6) is -0.370. The van der Waals surface area contributed by atoms with Gasteiger partial charge in [0, 0.05) is 6.04 Å². The summed E-state index contributed by atoms with van der Waals surface area (Å²) in [4.78, 5) is 0. The molecular weight excluding hydrogens is 255 g/mol. The molecule has 0 saturated heterocycles. The van der Waals surface area contributed by atoms with Gasteiger partial charge in [-0.15, -0.1) is 0 Å². The average Bonchev–Trinajstić information content (AvgIpc) is 2.33. The Kier molecular flexibility index (Phi) is 6.39. The molecule has 0 saturated carbocycles. The highest BCUT2D eigenvalue weighted by Gasteiger charge is 2.14. The van der Waals surface area contributed by atoms with Crippen molar-refractivity contribution >= 4 is 11.6 Å². The predicted octanol–water partition coefficient (Wildman–Crippen LogP) is 3.01. The smallest absolute Gasteiger partial charge is 0.173 e. The van der Waals surface area contributed by atoms with E-state index in [9.17, 15) is 4.39 Å². The van der Waals surface area contributed by atoms with E-state index in [2.05, 4.69) is 0 Å². The SMILES string of the molecule is CCOc1c(F)cc([C@@H](N)CCCCN)cc1Cl. The summed E-state index contributed by atoms with van der Waals surface area (Å²) < 4.78 is 18.9. The fourth-order valence-corrected chi connectivity index (χ4v) is 2.02. The topological polar surface area (TPSA) is 61.3 Å². The van der Waals surface area contributed by atoms with Crippen LogP contribution in [-0.2, 0) is 0 Å². The highest BCUT2D eigenvalue weighted by Crippen LogP contribution is 2.31. The average molecular weight is 275 g/mol. The van der Waals surface area contributed by atoms with Crippen LogP contribution in [0.15, 0.2) is 12.1 Å². The van der Waals surface area contributed by atoms with Gasteiger partial charge in [0.1, 0.15) is 0 Å². The molecule has 1 aromatic rings. The van der Waals surface area contributed by atoms with Crippen molar-refractivity contribution in [3.05, 3.63) is 28.5 Å². The lowest BCUT2D eigenvalue weighted by molar-refractivity contribution is 0.321. The van der Waals surface area contributed by atoms with Gasteiger partial charge in [0.25, 0.3) is 0 Å². The summed E-state index contributed by atoms with van der Waals surface area (Å²) in [6, 6.07) is 2.84. The Labute approximate surface area is 112 Å². The maximum atomic E-state index is 13.8. The van der Waals surface area contributed by atoms with Crippen LogP contribution in [0.4, 0.5) is 4.39 Å². The lowest BCUT2D eigenvalue weighted by Gasteiger charge is -2.14. The van der Waals surface area contributed by atoms with Crippen LogP contribution in [0.25, 0.3) is 0 Å². The lowest BCUT2D eigenvalue weighted by Crippen LogP contribution is -2.12. The third-order valence-electron chi connectivity index (χ3n) is 2.71. The molecule has 3 nitrogen and oxygen atoms in total. The summed E-state index contributed by atoms with van der Waals surface area (Å²) in [6.07, 6.45) is 2.60. The third-order valence-corrected chi connectivity index (χ3v) is 2.99. The standard InChI is InChI=1S/C13H20ClFN2O/c1-2-18-13-10(14)7-9(8-11(13)15)12(17)5-3-4-6-16/h7-8,12H,2-6,16-17H2,1H3/t12-/m0/s1. The maximum Gasteiger partial charge on any atom is 0.173 e. The minimum Gasteiger partial charge on any atom is -0.489 e. The monoisotopic (exact) mass is 274 g/mol. The molecule has 5 heteroatoms. The van der Waals surface area contributed by atoms with Crippen LogP contribution in [0.1, 0.15) is 37.8 Å². The van der Waals surface area contributed by atoms with E-state index < -0.39 is 5.82 Å². The zero-order valence-electron chi connectivity index (χ0n) is 10.6. The number of hydrogen-bond donors (Lipinski definition) is 2. The fourth-order valence-electron chi connectivity index (χ4n) is 1.75. The van der Waals surface area contributed by atoms with Gasteiger partial charge in [-0.2, -0.15) is 0 Å². The molecule has 0 spiro atoms. The minimum absolute atomic E-state index is 0.0945. The van der Waals surface area contributed by atoms with Crippen molar-refractivity contribution in [3.63, 3.8) is 0 Å². The van der Waals surface area contributed by atoms with Crippen LogP contribution < -0.4 is 16.2 Å². The van der Waals surface area contributed by atoms with E-state index in [0.29, 0.717) is 18.7 Å². The quantitative estimate of drug-likeness (QED) is 0.752. The lowest BCUT2D eigenvalue weighted by atomic mass is 10.0. The summed E-state index contributed by atoms with van der Waals surface area (Å²) >= 11 is 5.98. The number of rotatable bonds is 7. The van der Waals surface area contributed by atoms with Crippen LogP contribution in [0.2, 0.25) is 5.02 Å². The Morgan fingerprint density at radius 1 is 1.39 bits per heavy atom. The van der Waals surface area contributed by atoms with Crippen molar-refractivity contribution in [2.45, 2.75) is 32.2 Å². The Morgan fingerprint density at radius 2 is 2.11 bits per heavy atom. The Hall–Kier alpha value is -0.840. The summed E-state index contributed by atoms with van der Waals surface area (Å²) in [5, 5.41) is 0.265. The van der Waals surface area contributed by atoms with E-state index in [4.69, 9.17) is 27.8 Å². The van der Waals surface area contributed by atoms with Crippen molar-refractivity contribution in [2.75, 3.05) is 13.2 Å². The fraction of sp³-hybridized carbons (Fsp3) is 0.538. The third kappa shape index (κ3) is 4.12. The Bertz CT molecular complexity index is 364. The molecule has 102 valence electrons. The number of ether oxygens (including phenoxy) is 1. The molecule has 0 fully saturated rings. The zero-order valence-corrected chi connectivity index (χ0v) is 11.3. The van der Waals surface area contributed by atoms with Gasteiger partial charge in [-0.25, -0.2) is 4.39 Å². The molecule has 0 heterocycles. The van der Waals surface area contributed by atoms with Crippen LogP contribution in [0.3, 0.4) is 0 Å². The Morgan fingerprint density at radius 3 is 2.67 bits per heavy atom. The van der Waals surface area contributed by atoms with Gasteiger partial charge in [-0.05, 0) is 44.0 Å². The van der Waals surface area contributed by atoms with Crippen LogP contribution in [0.5, 0.6) is 5.75 Å². The first-order valence-corrected chi connectivity index (χ1v) is 6.55. The van der Waals surface area contributed by atoms with E-state index in [-0.39, 0.29) is 16.8 Å². The molecule has 0 bridgehead atoms. The molecule has 0 amide bonds. The molecule has 0 aromatic heterocycles. The van der Waals surface area contributed by atoms with Crippen molar-refractivity contribution in [2.24, 2.45) is 11.5 Å².